The third-order valence-electron chi connectivity index (χ3n) is 3.01. The zero-order valence-electron chi connectivity index (χ0n) is 11.6. The van der Waals surface area contributed by atoms with E-state index in [1.165, 1.54) is 0 Å². The monoisotopic (exact) mass is 301 g/mol. The van der Waals surface area contributed by atoms with Gasteiger partial charge in [-0.05, 0) is 13.1 Å². The summed E-state index contributed by atoms with van der Waals surface area (Å²) in [5, 5.41) is 3.04. The van der Waals surface area contributed by atoms with E-state index in [9.17, 15) is 8.42 Å². The Hall–Kier alpha value is -1.47. The van der Waals surface area contributed by atoms with Crippen molar-refractivity contribution in [2.75, 3.05) is 32.0 Å². The third-order valence-corrected chi connectivity index (χ3v) is 4.68. The molecule has 0 atom stereocenters. The molecule has 0 amide bonds. The largest absolute Gasteiger partial charge is 0.492 e. The second-order valence-corrected chi connectivity index (χ2v) is 6.90. The Kier molecular flexibility index (Phi) is 4.72. The summed E-state index contributed by atoms with van der Waals surface area (Å²) in [6.45, 7) is 2.56. The molecule has 0 aromatic heterocycles. The third kappa shape index (κ3) is 3.55. The molecule has 20 heavy (non-hydrogen) atoms. The average Bonchev–Trinajstić information content (AvgIpc) is 2.86. The van der Waals surface area contributed by atoms with Crippen molar-refractivity contribution in [2.24, 2.45) is 0 Å². The van der Waals surface area contributed by atoms with Crippen LogP contribution in [0.3, 0.4) is 0 Å². The maximum absolute atomic E-state index is 11.5. The lowest BCUT2D eigenvalue weighted by Crippen LogP contribution is -2.16. The normalized spacial score (nSPS) is 13.5. The van der Waals surface area contributed by atoms with Crippen molar-refractivity contribution in [1.82, 2.24) is 5.32 Å². The van der Waals surface area contributed by atoms with Gasteiger partial charge in [-0.15, -0.1) is 0 Å². The topological polar surface area (TPSA) is 73.9 Å². The Labute approximate surface area is 118 Å². The SMILES string of the molecule is CCS(=O)(=O)CCOc1cc2c(cc1CNC)OCO2. The van der Waals surface area contributed by atoms with E-state index in [-0.39, 0.29) is 24.9 Å². The number of hydrogen-bond acceptors (Lipinski definition) is 6. The Morgan fingerprint density at radius 2 is 2.00 bits per heavy atom. The number of rotatable bonds is 7. The first-order valence-electron chi connectivity index (χ1n) is 6.46. The first-order valence-corrected chi connectivity index (χ1v) is 8.28. The first kappa shape index (κ1) is 14.9. The molecule has 7 heteroatoms. The Balaban J connectivity index is 2.10. The van der Waals surface area contributed by atoms with Gasteiger partial charge in [0.05, 0.1) is 5.75 Å². The minimum Gasteiger partial charge on any atom is -0.492 e. The summed E-state index contributed by atoms with van der Waals surface area (Å²) in [7, 11) is -1.19. The van der Waals surface area contributed by atoms with Gasteiger partial charge in [-0.3, -0.25) is 0 Å². The van der Waals surface area contributed by atoms with Crippen molar-refractivity contribution >= 4 is 9.84 Å². The van der Waals surface area contributed by atoms with Gasteiger partial charge < -0.3 is 19.5 Å². The fourth-order valence-corrected chi connectivity index (χ4v) is 2.48. The van der Waals surface area contributed by atoms with Crippen LogP contribution in [0.25, 0.3) is 0 Å². The highest BCUT2D eigenvalue weighted by Gasteiger charge is 2.18. The van der Waals surface area contributed by atoms with Gasteiger partial charge in [-0.1, -0.05) is 6.92 Å². The van der Waals surface area contributed by atoms with Gasteiger partial charge in [0, 0.05) is 23.9 Å². The fraction of sp³-hybridized carbons (Fsp3) is 0.538. The van der Waals surface area contributed by atoms with Gasteiger partial charge in [0.2, 0.25) is 6.79 Å². The molecule has 1 aliphatic heterocycles. The number of ether oxygens (including phenoxy) is 3. The minimum atomic E-state index is -3.02. The van der Waals surface area contributed by atoms with E-state index in [1.54, 1.807) is 13.0 Å². The number of hydrogen-bond donors (Lipinski definition) is 1. The zero-order chi connectivity index (χ0) is 14.6. The molecule has 6 nitrogen and oxygen atoms in total. The van der Waals surface area contributed by atoms with Crippen molar-refractivity contribution in [3.05, 3.63) is 17.7 Å². The number of nitrogens with one attached hydrogen (secondary N) is 1. The Bertz CT molecular complexity index is 570. The van der Waals surface area contributed by atoms with Crippen LogP contribution >= 0.6 is 0 Å². The second kappa shape index (κ2) is 6.32. The van der Waals surface area contributed by atoms with Gasteiger partial charge in [-0.25, -0.2) is 8.42 Å². The van der Waals surface area contributed by atoms with E-state index in [0.29, 0.717) is 23.8 Å². The highest BCUT2D eigenvalue weighted by molar-refractivity contribution is 7.91. The van der Waals surface area contributed by atoms with E-state index in [0.717, 1.165) is 5.56 Å². The van der Waals surface area contributed by atoms with Crippen LogP contribution in [0.15, 0.2) is 12.1 Å². The van der Waals surface area contributed by atoms with Crippen molar-refractivity contribution in [3.8, 4) is 17.2 Å². The average molecular weight is 301 g/mol. The summed E-state index contributed by atoms with van der Waals surface area (Å²) in [6, 6.07) is 3.59. The van der Waals surface area contributed by atoms with Crippen LogP contribution in [0.1, 0.15) is 12.5 Å². The molecule has 0 saturated carbocycles. The van der Waals surface area contributed by atoms with Crippen LogP contribution < -0.4 is 19.5 Å². The number of fused-ring (bicyclic) bond motifs is 1. The van der Waals surface area contributed by atoms with Gasteiger partial charge >= 0.3 is 0 Å². The second-order valence-electron chi connectivity index (χ2n) is 4.43. The van der Waals surface area contributed by atoms with E-state index >= 15 is 0 Å². The summed E-state index contributed by atoms with van der Waals surface area (Å²) in [6.07, 6.45) is 0. The van der Waals surface area contributed by atoms with Crippen molar-refractivity contribution in [2.45, 2.75) is 13.5 Å². The van der Waals surface area contributed by atoms with Gasteiger partial charge in [0.15, 0.2) is 21.3 Å². The predicted octanol–water partition coefficient (Wildman–Crippen LogP) is 0.948. The lowest BCUT2D eigenvalue weighted by molar-refractivity contribution is 0.173. The standard InChI is InChI=1S/C13H19NO5S/c1-3-20(15,16)5-4-17-11-7-13-12(18-9-19-13)6-10(11)8-14-2/h6-7,14H,3-5,8-9H2,1-2H3. The molecule has 0 bridgehead atoms. The van der Waals surface area contributed by atoms with E-state index in [1.807, 2.05) is 13.1 Å². The fourth-order valence-electron chi connectivity index (χ4n) is 1.85. The quantitative estimate of drug-likeness (QED) is 0.808. The van der Waals surface area contributed by atoms with Crippen molar-refractivity contribution in [1.29, 1.82) is 0 Å². The van der Waals surface area contributed by atoms with E-state index in [2.05, 4.69) is 5.32 Å². The van der Waals surface area contributed by atoms with Crippen LogP contribution in [0.2, 0.25) is 0 Å². The molecule has 0 radical (unpaired) electrons. The summed E-state index contributed by atoms with van der Waals surface area (Å²) in [4.78, 5) is 0. The van der Waals surface area contributed by atoms with Crippen LogP contribution in [0, 0.1) is 0 Å². The highest BCUT2D eigenvalue weighted by atomic mass is 32.2. The minimum absolute atomic E-state index is 0.0108. The molecule has 1 aromatic rings. The Morgan fingerprint density at radius 1 is 1.30 bits per heavy atom. The molecule has 1 aromatic carbocycles. The van der Waals surface area contributed by atoms with E-state index in [4.69, 9.17) is 14.2 Å². The van der Waals surface area contributed by atoms with Crippen LogP contribution in [-0.4, -0.2) is 40.4 Å². The number of sulfone groups is 1. The van der Waals surface area contributed by atoms with Crippen LogP contribution in [-0.2, 0) is 16.4 Å². The molecule has 0 unspecified atom stereocenters. The predicted molar refractivity (Wildman–Crippen MR) is 75.2 cm³/mol. The van der Waals surface area contributed by atoms with Crippen molar-refractivity contribution < 1.29 is 22.6 Å². The summed E-state index contributed by atoms with van der Waals surface area (Å²) < 4.78 is 39.1. The summed E-state index contributed by atoms with van der Waals surface area (Å²) in [5.41, 5.74) is 0.908. The molecule has 0 spiro atoms. The zero-order valence-corrected chi connectivity index (χ0v) is 12.5. The molecule has 0 aliphatic carbocycles. The molecular weight excluding hydrogens is 282 g/mol. The molecule has 1 aliphatic rings. The first-order chi connectivity index (χ1) is 9.55. The van der Waals surface area contributed by atoms with Crippen molar-refractivity contribution in [3.63, 3.8) is 0 Å². The molecule has 112 valence electrons. The van der Waals surface area contributed by atoms with Gasteiger partial charge in [0.25, 0.3) is 0 Å². The van der Waals surface area contributed by atoms with Gasteiger partial charge in [0.1, 0.15) is 12.4 Å². The lowest BCUT2D eigenvalue weighted by atomic mass is 10.1. The molecular formula is C13H19NO5S. The molecule has 0 saturated heterocycles. The maximum Gasteiger partial charge on any atom is 0.231 e. The van der Waals surface area contributed by atoms with Crippen LogP contribution in [0.4, 0.5) is 0 Å². The summed E-state index contributed by atoms with van der Waals surface area (Å²) >= 11 is 0. The maximum atomic E-state index is 11.5. The molecule has 1 N–H and O–H groups in total. The summed E-state index contributed by atoms with van der Waals surface area (Å²) in [5.74, 6) is 2.06. The molecule has 0 fully saturated rings. The molecule has 2 rings (SSSR count). The number of benzene rings is 1. The van der Waals surface area contributed by atoms with E-state index < -0.39 is 9.84 Å². The smallest absolute Gasteiger partial charge is 0.231 e. The molecule has 1 heterocycles. The lowest BCUT2D eigenvalue weighted by Gasteiger charge is -2.12. The Morgan fingerprint density at radius 3 is 2.65 bits per heavy atom. The van der Waals surface area contributed by atoms with Crippen LogP contribution in [0.5, 0.6) is 17.2 Å². The highest BCUT2D eigenvalue weighted by Crippen LogP contribution is 2.38. The van der Waals surface area contributed by atoms with Gasteiger partial charge in [-0.2, -0.15) is 0 Å².